The lowest BCUT2D eigenvalue weighted by atomic mass is 10.3. The van der Waals surface area contributed by atoms with Crippen LogP contribution in [-0.2, 0) is 27.0 Å². The van der Waals surface area contributed by atoms with Crippen molar-refractivity contribution >= 4 is 17.9 Å². The van der Waals surface area contributed by atoms with Gasteiger partial charge in [-0.05, 0) is 6.07 Å². The molecule has 1 aromatic heterocycles. The van der Waals surface area contributed by atoms with Gasteiger partial charge in [0.25, 0.3) is 11.5 Å². The van der Waals surface area contributed by atoms with E-state index in [0.29, 0.717) is 22.9 Å². The fraction of sp³-hybridized carbons (Fsp3) is 0.385. The van der Waals surface area contributed by atoms with E-state index in [4.69, 9.17) is 0 Å². The molecule has 0 bridgehead atoms. The molecule has 2 rings (SSSR count). The van der Waals surface area contributed by atoms with Gasteiger partial charge in [-0.15, -0.1) is 0 Å². The Morgan fingerprint density at radius 3 is 2.54 bits per heavy atom. The molecule has 1 N–H and O–H groups in total. The lowest BCUT2D eigenvalue weighted by molar-refractivity contribution is -0.151. The SMILES string of the molecule is O=C(Cn1cc(C(F)(F)F)ccc1=O)OCC(=O)N1CCNC1=O. The van der Waals surface area contributed by atoms with Crippen LogP contribution >= 0.6 is 0 Å². The summed E-state index contributed by atoms with van der Waals surface area (Å²) >= 11 is 0. The summed E-state index contributed by atoms with van der Waals surface area (Å²) in [6, 6.07) is 0.653. The van der Waals surface area contributed by atoms with Crippen molar-refractivity contribution in [3.63, 3.8) is 0 Å². The first-order valence-electron chi connectivity index (χ1n) is 6.70. The highest BCUT2D eigenvalue weighted by Crippen LogP contribution is 2.27. The van der Waals surface area contributed by atoms with Crippen LogP contribution < -0.4 is 10.9 Å². The average Bonchev–Trinajstić information content (AvgIpc) is 2.92. The van der Waals surface area contributed by atoms with Gasteiger partial charge in [0.2, 0.25) is 0 Å². The third-order valence-electron chi connectivity index (χ3n) is 3.12. The maximum absolute atomic E-state index is 12.6. The first-order valence-corrected chi connectivity index (χ1v) is 6.70. The summed E-state index contributed by atoms with van der Waals surface area (Å²) in [6.07, 6.45) is -4.18. The number of carbonyl (C=O) groups is 3. The van der Waals surface area contributed by atoms with E-state index in [-0.39, 0.29) is 13.1 Å². The van der Waals surface area contributed by atoms with Crippen molar-refractivity contribution in [2.75, 3.05) is 19.7 Å². The second-order valence-electron chi connectivity index (χ2n) is 4.82. The van der Waals surface area contributed by atoms with Gasteiger partial charge in [-0.1, -0.05) is 0 Å². The summed E-state index contributed by atoms with van der Waals surface area (Å²) in [7, 11) is 0. The number of hydrogen-bond acceptors (Lipinski definition) is 5. The molecule has 1 saturated heterocycles. The Balaban J connectivity index is 1.96. The zero-order valence-corrected chi connectivity index (χ0v) is 12.1. The highest BCUT2D eigenvalue weighted by atomic mass is 19.4. The second kappa shape index (κ2) is 6.72. The number of pyridine rings is 1. The number of hydrogen-bond donors (Lipinski definition) is 1. The number of ether oxygens (including phenoxy) is 1. The molecular formula is C13H12F3N3O5. The predicted molar refractivity (Wildman–Crippen MR) is 71.8 cm³/mol. The number of amides is 3. The maximum atomic E-state index is 12.6. The van der Waals surface area contributed by atoms with E-state index in [0.717, 1.165) is 4.90 Å². The zero-order chi connectivity index (χ0) is 17.9. The van der Waals surface area contributed by atoms with E-state index in [1.165, 1.54) is 0 Å². The van der Waals surface area contributed by atoms with Crippen LogP contribution in [0.3, 0.4) is 0 Å². The van der Waals surface area contributed by atoms with E-state index >= 15 is 0 Å². The van der Waals surface area contributed by atoms with Crippen molar-refractivity contribution in [2.45, 2.75) is 12.7 Å². The number of aromatic nitrogens is 1. The van der Waals surface area contributed by atoms with E-state index < -0.39 is 48.4 Å². The van der Waals surface area contributed by atoms with E-state index in [2.05, 4.69) is 10.1 Å². The first kappa shape index (κ1) is 17.5. The van der Waals surface area contributed by atoms with Crippen molar-refractivity contribution in [3.05, 3.63) is 34.2 Å². The summed E-state index contributed by atoms with van der Waals surface area (Å²) in [5, 5.41) is 2.38. The van der Waals surface area contributed by atoms with Gasteiger partial charge in [0.1, 0.15) is 6.54 Å². The van der Waals surface area contributed by atoms with Crippen LogP contribution in [-0.4, -0.2) is 47.1 Å². The van der Waals surface area contributed by atoms with Crippen molar-refractivity contribution in [3.8, 4) is 0 Å². The van der Waals surface area contributed by atoms with Crippen molar-refractivity contribution in [1.29, 1.82) is 0 Å². The quantitative estimate of drug-likeness (QED) is 0.771. The minimum absolute atomic E-state index is 0.127. The molecule has 0 saturated carbocycles. The third kappa shape index (κ3) is 4.12. The minimum atomic E-state index is -4.67. The summed E-state index contributed by atoms with van der Waals surface area (Å²) in [5.74, 6) is -1.85. The Hall–Kier alpha value is -2.85. The van der Waals surface area contributed by atoms with E-state index in [1.807, 2.05) is 0 Å². The number of imide groups is 1. The van der Waals surface area contributed by atoms with Crippen LogP contribution in [0.4, 0.5) is 18.0 Å². The zero-order valence-electron chi connectivity index (χ0n) is 12.1. The highest BCUT2D eigenvalue weighted by Gasteiger charge is 2.31. The number of halogens is 3. The van der Waals surface area contributed by atoms with Gasteiger partial charge < -0.3 is 14.6 Å². The lowest BCUT2D eigenvalue weighted by Crippen LogP contribution is -2.37. The fourth-order valence-corrected chi connectivity index (χ4v) is 1.94. The third-order valence-corrected chi connectivity index (χ3v) is 3.12. The molecule has 0 unspecified atom stereocenters. The molecule has 0 aromatic carbocycles. The molecule has 1 aliphatic heterocycles. The van der Waals surface area contributed by atoms with Gasteiger partial charge in [-0.3, -0.25) is 19.3 Å². The monoisotopic (exact) mass is 347 g/mol. The normalized spacial score (nSPS) is 14.5. The molecule has 0 radical (unpaired) electrons. The van der Waals surface area contributed by atoms with Gasteiger partial charge in [0.15, 0.2) is 6.61 Å². The van der Waals surface area contributed by atoms with Crippen LogP contribution in [0.15, 0.2) is 23.1 Å². The second-order valence-corrected chi connectivity index (χ2v) is 4.82. The minimum Gasteiger partial charge on any atom is -0.454 e. The number of urea groups is 1. The molecule has 8 nitrogen and oxygen atoms in total. The van der Waals surface area contributed by atoms with Crippen molar-refractivity contribution in [2.24, 2.45) is 0 Å². The van der Waals surface area contributed by atoms with Crippen LogP contribution in [0.1, 0.15) is 5.56 Å². The number of rotatable bonds is 4. The van der Waals surface area contributed by atoms with E-state index in [1.54, 1.807) is 0 Å². The molecule has 1 aromatic rings. The molecule has 24 heavy (non-hydrogen) atoms. The van der Waals surface area contributed by atoms with Crippen LogP contribution in [0.5, 0.6) is 0 Å². The van der Waals surface area contributed by atoms with Crippen LogP contribution in [0, 0.1) is 0 Å². The van der Waals surface area contributed by atoms with Gasteiger partial charge >= 0.3 is 18.2 Å². The van der Waals surface area contributed by atoms with Gasteiger partial charge in [-0.2, -0.15) is 13.2 Å². The van der Waals surface area contributed by atoms with Gasteiger partial charge in [0.05, 0.1) is 5.56 Å². The number of nitrogens with one attached hydrogen (secondary N) is 1. The van der Waals surface area contributed by atoms with Gasteiger partial charge in [0, 0.05) is 25.4 Å². The fourth-order valence-electron chi connectivity index (χ4n) is 1.94. The average molecular weight is 347 g/mol. The standard InChI is InChI=1S/C13H12F3N3O5/c14-13(15,16)8-1-2-9(20)18(5-8)6-11(22)24-7-10(21)19-4-3-17-12(19)23/h1-2,5H,3-4,6-7H2,(H,17,23). The number of carbonyl (C=O) groups excluding carboxylic acids is 3. The molecule has 130 valence electrons. The van der Waals surface area contributed by atoms with Crippen LogP contribution in [0.25, 0.3) is 0 Å². The molecule has 1 fully saturated rings. The molecular weight excluding hydrogens is 335 g/mol. The Morgan fingerprint density at radius 1 is 1.25 bits per heavy atom. The number of alkyl halides is 3. The summed E-state index contributed by atoms with van der Waals surface area (Å²) in [4.78, 5) is 46.8. The topological polar surface area (TPSA) is 97.7 Å². The molecule has 2 heterocycles. The number of esters is 1. The smallest absolute Gasteiger partial charge is 0.417 e. The Labute approximate surface area is 132 Å². The molecule has 0 aliphatic carbocycles. The van der Waals surface area contributed by atoms with E-state index in [9.17, 15) is 32.3 Å². The first-order chi connectivity index (χ1) is 11.2. The van der Waals surface area contributed by atoms with Crippen LogP contribution in [0.2, 0.25) is 0 Å². The summed E-state index contributed by atoms with van der Waals surface area (Å²) < 4.78 is 42.9. The largest absolute Gasteiger partial charge is 0.454 e. The molecule has 0 atom stereocenters. The predicted octanol–water partition coefficient (Wildman–Crippen LogP) is -0.0379. The summed E-state index contributed by atoms with van der Waals surface area (Å²) in [5.41, 5.74) is -1.93. The Bertz CT molecular complexity index is 728. The highest BCUT2D eigenvalue weighted by molar-refractivity contribution is 5.96. The molecule has 0 spiro atoms. The number of nitrogens with zero attached hydrogens (tertiary/aromatic N) is 2. The Kier molecular flexibility index (Phi) is 4.90. The molecule has 1 aliphatic rings. The summed E-state index contributed by atoms with van der Waals surface area (Å²) in [6.45, 7) is -1.14. The molecule has 11 heteroatoms. The van der Waals surface area contributed by atoms with Crippen molar-refractivity contribution < 1.29 is 32.3 Å². The lowest BCUT2D eigenvalue weighted by Gasteiger charge is -2.13. The molecule has 3 amide bonds. The maximum Gasteiger partial charge on any atom is 0.417 e. The van der Waals surface area contributed by atoms with Crippen molar-refractivity contribution in [1.82, 2.24) is 14.8 Å². The Morgan fingerprint density at radius 2 is 1.96 bits per heavy atom. The van der Waals surface area contributed by atoms with Gasteiger partial charge in [-0.25, -0.2) is 4.79 Å².